The number of aromatic nitrogens is 2. The highest BCUT2D eigenvalue weighted by Crippen LogP contribution is 2.32. The summed E-state index contributed by atoms with van der Waals surface area (Å²) in [4.78, 5) is 23.0. The molecule has 0 fully saturated rings. The molecule has 0 aliphatic carbocycles. The molecule has 0 atom stereocenters. The fraction of sp³-hybridized carbons (Fsp3) is 0.0645. The number of nitrogens with zero attached hydrogens (tertiary/aromatic N) is 2. The van der Waals surface area contributed by atoms with Gasteiger partial charge in [-0.3, -0.25) is 4.79 Å². The number of amides is 1. The second-order valence-corrected chi connectivity index (χ2v) is 9.99. The predicted octanol–water partition coefficient (Wildman–Crippen LogP) is 8.05. The molecule has 0 bridgehead atoms. The Balaban J connectivity index is 1.31. The molecule has 1 amide bonds. The zero-order valence-corrected chi connectivity index (χ0v) is 20.8. The highest BCUT2D eigenvalue weighted by Gasteiger charge is 2.15. The number of carbonyl (C=O) groups is 1. The lowest BCUT2D eigenvalue weighted by molar-refractivity contribution is 0.102. The second-order valence-electron chi connectivity index (χ2n) is 8.96. The number of benzene rings is 4. The molecule has 36 heavy (non-hydrogen) atoms. The van der Waals surface area contributed by atoms with Gasteiger partial charge < -0.3 is 5.32 Å². The zero-order valence-electron chi connectivity index (χ0n) is 19.9. The van der Waals surface area contributed by atoms with E-state index < -0.39 is 0 Å². The van der Waals surface area contributed by atoms with E-state index in [-0.39, 0.29) is 5.91 Å². The van der Waals surface area contributed by atoms with Crippen LogP contribution in [0.4, 0.5) is 5.69 Å². The molecule has 0 aliphatic heterocycles. The minimum Gasteiger partial charge on any atom is -0.322 e. The number of rotatable bonds is 4. The van der Waals surface area contributed by atoms with E-state index in [4.69, 9.17) is 9.97 Å². The van der Waals surface area contributed by atoms with Gasteiger partial charge in [-0.05, 0) is 74.0 Å². The van der Waals surface area contributed by atoms with Crippen LogP contribution in [-0.2, 0) is 0 Å². The van der Waals surface area contributed by atoms with Crippen LogP contribution in [0.1, 0.15) is 21.5 Å². The fourth-order valence-electron chi connectivity index (χ4n) is 4.37. The summed E-state index contributed by atoms with van der Waals surface area (Å²) in [6, 6.07) is 32.0. The average molecular weight is 486 g/mol. The summed E-state index contributed by atoms with van der Waals surface area (Å²) < 4.78 is 1.18. The molecular formula is C31H23N3OS. The van der Waals surface area contributed by atoms with Crippen molar-refractivity contribution in [3.63, 3.8) is 0 Å². The van der Waals surface area contributed by atoms with Crippen LogP contribution in [0.5, 0.6) is 0 Å². The Hall–Kier alpha value is -4.35. The molecule has 0 radical (unpaired) electrons. The van der Waals surface area contributed by atoms with Crippen molar-refractivity contribution in [2.75, 3.05) is 5.32 Å². The summed E-state index contributed by atoms with van der Waals surface area (Å²) in [6.07, 6.45) is 0. The Labute approximate surface area is 213 Å². The minimum atomic E-state index is -0.161. The molecule has 2 heterocycles. The molecule has 2 aromatic heterocycles. The van der Waals surface area contributed by atoms with Gasteiger partial charge in [0, 0.05) is 22.2 Å². The van der Waals surface area contributed by atoms with E-state index >= 15 is 0 Å². The van der Waals surface area contributed by atoms with E-state index in [9.17, 15) is 4.79 Å². The lowest BCUT2D eigenvalue weighted by Gasteiger charge is -2.11. The lowest BCUT2D eigenvalue weighted by atomic mass is 10.0. The van der Waals surface area contributed by atoms with Gasteiger partial charge in [0.2, 0.25) is 0 Å². The summed E-state index contributed by atoms with van der Waals surface area (Å²) in [5.74, 6) is -0.161. The van der Waals surface area contributed by atoms with Gasteiger partial charge in [0.25, 0.3) is 5.91 Å². The molecule has 0 saturated heterocycles. The standard InChI is InChI=1S/C31H23N3OS/c1-19-6-5-7-22(16-19)28-18-25(24-8-3-4-9-26(24)33-28)30(35)32-23-13-11-21(12-14-23)31-34-27-15-10-20(2)17-29(27)36-31/h3-18H,1-2H3,(H,32,35). The van der Waals surface area contributed by atoms with Crippen molar-refractivity contribution in [3.05, 3.63) is 114 Å². The molecule has 0 unspecified atom stereocenters. The first kappa shape index (κ1) is 22.1. The van der Waals surface area contributed by atoms with Crippen molar-refractivity contribution in [1.82, 2.24) is 9.97 Å². The number of aryl methyl sites for hydroxylation is 2. The molecule has 6 aromatic rings. The number of carbonyl (C=O) groups excluding carboxylic acids is 1. The summed E-state index contributed by atoms with van der Waals surface area (Å²) in [5, 5.41) is 4.86. The number of nitrogens with one attached hydrogen (secondary N) is 1. The van der Waals surface area contributed by atoms with E-state index in [1.165, 1.54) is 10.3 Å². The maximum Gasteiger partial charge on any atom is 0.256 e. The quantitative estimate of drug-likeness (QED) is 0.275. The van der Waals surface area contributed by atoms with Crippen LogP contribution in [-0.4, -0.2) is 15.9 Å². The first-order valence-electron chi connectivity index (χ1n) is 11.8. The van der Waals surface area contributed by atoms with Crippen molar-refractivity contribution < 1.29 is 4.79 Å². The third-order valence-electron chi connectivity index (χ3n) is 6.21. The molecular weight excluding hydrogens is 462 g/mol. The van der Waals surface area contributed by atoms with Crippen LogP contribution in [0.15, 0.2) is 97.1 Å². The smallest absolute Gasteiger partial charge is 0.256 e. The first-order chi connectivity index (χ1) is 17.5. The van der Waals surface area contributed by atoms with E-state index in [1.54, 1.807) is 11.3 Å². The number of anilines is 1. The Bertz CT molecular complexity index is 1750. The van der Waals surface area contributed by atoms with E-state index in [2.05, 4.69) is 49.5 Å². The molecule has 0 aliphatic rings. The number of para-hydroxylation sites is 1. The van der Waals surface area contributed by atoms with E-state index in [1.807, 2.05) is 66.7 Å². The van der Waals surface area contributed by atoms with Gasteiger partial charge in [-0.25, -0.2) is 9.97 Å². The van der Waals surface area contributed by atoms with Crippen molar-refractivity contribution in [3.8, 4) is 21.8 Å². The van der Waals surface area contributed by atoms with Gasteiger partial charge >= 0.3 is 0 Å². The number of pyridine rings is 1. The Morgan fingerprint density at radius 1 is 0.722 bits per heavy atom. The Morgan fingerprint density at radius 2 is 1.53 bits per heavy atom. The molecule has 174 valence electrons. The topological polar surface area (TPSA) is 54.9 Å². The monoisotopic (exact) mass is 485 g/mol. The van der Waals surface area contributed by atoms with E-state index in [0.29, 0.717) is 5.56 Å². The maximum atomic E-state index is 13.4. The summed E-state index contributed by atoms with van der Waals surface area (Å²) in [6.45, 7) is 4.14. The van der Waals surface area contributed by atoms with Crippen LogP contribution in [0.25, 0.3) is 42.9 Å². The van der Waals surface area contributed by atoms with Crippen molar-refractivity contribution in [1.29, 1.82) is 0 Å². The first-order valence-corrected chi connectivity index (χ1v) is 12.6. The summed E-state index contributed by atoms with van der Waals surface area (Å²) >= 11 is 1.68. The molecule has 5 heteroatoms. The molecule has 4 nitrogen and oxygen atoms in total. The Morgan fingerprint density at radius 3 is 2.36 bits per heavy atom. The summed E-state index contributed by atoms with van der Waals surface area (Å²) in [7, 11) is 0. The molecule has 0 spiro atoms. The van der Waals surface area contributed by atoms with Crippen LogP contribution in [0.3, 0.4) is 0 Å². The van der Waals surface area contributed by atoms with Crippen LogP contribution in [0, 0.1) is 13.8 Å². The predicted molar refractivity (Wildman–Crippen MR) is 150 cm³/mol. The van der Waals surface area contributed by atoms with Crippen LogP contribution in [0.2, 0.25) is 0 Å². The number of hydrogen-bond donors (Lipinski definition) is 1. The summed E-state index contributed by atoms with van der Waals surface area (Å²) in [5.41, 5.74) is 8.32. The van der Waals surface area contributed by atoms with Gasteiger partial charge in [0.05, 0.1) is 27.0 Å². The van der Waals surface area contributed by atoms with E-state index in [0.717, 1.165) is 49.5 Å². The third-order valence-corrected chi connectivity index (χ3v) is 7.28. The van der Waals surface area contributed by atoms with Crippen molar-refractivity contribution >= 4 is 44.1 Å². The van der Waals surface area contributed by atoms with Gasteiger partial charge in [0.1, 0.15) is 5.01 Å². The van der Waals surface area contributed by atoms with Crippen molar-refractivity contribution in [2.24, 2.45) is 0 Å². The van der Waals surface area contributed by atoms with Gasteiger partial charge in [-0.2, -0.15) is 0 Å². The SMILES string of the molecule is Cc1cccc(-c2cc(C(=O)Nc3ccc(-c4nc5ccc(C)cc5s4)cc3)c3ccccc3n2)c1. The number of thiazole rings is 1. The maximum absolute atomic E-state index is 13.4. The number of hydrogen-bond acceptors (Lipinski definition) is 4. The van der Waals surface area contributed by atoms with Gasteiger partial charge in [-0.15, -0.1) is 11.3 Å². The highest BCUT2D eigenvalue weighted by molar-refractivity contribution is 7.21. The average Bonchev–Trinajstić information content (AvgIpc) is 3.31. The van der Waals surface area contributed by atoms with Gasteiger partial charge in [-0.1, -0.05) is 48.0 Å². The fourth-order valence-corrected chi connectivity index (χ4v) is 5.43. The molecule has 4 aromatic carbocycles. The lowest BCUT2D eigenvalue weighted by Crippen LogP contribution is -2.13. The zero-order chi connectivity index (χ0) is 24.6. The second kappa shape index (κ2) is 9.02. The van der Waals surface area contributed by atoms with Crippen molar-refractivity contribution in [2.45, 2.75) is 13.8 Å². The minimum absolute atomic E-state index is 0.161. The normalized spacial score (nSPS) is 11.2. The van der Waals surface area contributed by atoms with Crippen LogP contribution >= 0.6 is 11.3 Å². The highest BCUT2D eigenvalue weighted by atomic mass is 32.1. The molecule has 6 rings (SSSR count). The Kier molecular flexibility index (Phi) is 5.55. The van der Waals surface area contributed by atoms with Crippen LogP contribution < -0.4 is 5.32 Å². The third kappa shape index (κ3) is 4.25. The molecule has 0 saturated carbocycles. The largest absolute Gasteiger partial charge is 0.322 e. The number of fused-ring (bicyclic) bond motifs is 2. The molecule has 1 N–H and O–H groups in total. The van der Waals surface area contributed by atoms with Gasteiger partial charge in [0.15, 0.2) is 0 Å².